The van der Waals surface area contributed by atoms with Gasteiger partial charge in [0.05, 0.1) is 23.3 Å². The highest BCUT2D eigenvalue weighted by Gasteiger charge is 2.29. The first-order chi connectivity index (χ1) is 14.6. The number of carbonyl (C=O) groups excluding carboxylic acids is 1. The van der Waals surface area contributed by atoms with Crippen LogP contribution in [0.25, 0.3) is 5.52 Å². The number of fused-ring (bicyclic) bond motifs is 1. The molecule has 0 aliphatic carbocycles. The number of amides is 1. The highest BCUT2D eigenvalue weighted by Crippen LogP contribution is 2.38. The average Bonchev–Trinajstić information content (AvgIpc) is 3.49. The zero-order valence-electron chi connectivity index (χ0n) is 16.2. The fourth-order valence-corrected chi connectivity index (χ4v) is 5.09. The number of hydrazine groups is 1. The number of halogens is 2. The van der Waals surface area contributed by atoms with Crippen molar-refractivity contribution in [3.8, 4) is 0 Å². The Morgan fingerprint density at radius 3 is 2.90 bits per heavy atom. The van der Waals surface area contributed by atoms with Crippen LogP contribution in [0.2, 0.25) is 0 Å². The van der Waals surface area contributed by atoms with Gasteiger partial charge >= 0.3 is 0 Å². The predicted molar refractivity (Wildman–Crippen MR) is 112 cm³/mol. The molecule has 2 aromatic heterocycles. The summed E-state index contributed by atoms with van der Waals surface area (Å²) in [7, 11) is 0. The van der Waals surface area contributed by atoms with Gasteiger partial charge in [0.2, 0.25) is 0 Å². The van der Waals surface area contributed by atoms with Gasteiger partial charge in [-0.2, -0.15) is 9.51 Å². The number of rotatable bonds is 4. The van der Waals surface area contributed by atoms with Crippen molar-refractivity contribution in [2.24, 2.45) is 0 Å². The van der Waals surface area contributed by atoms with Crippen molar-refractivity contribution < 1.29 is 13.6 Å². The van der Waals surface area contributed by atoms with Crippen LogP contribution in [0.15, 0.2) is 42.7 Å². The molecule has 1 aromatic carbocycles. The van der Waals surface area contributed by atoms with E-state index in [1.165, 1.54) is 12.1 Å². The Morgan fingerprint density at radius 1 is 1.17 bits per heavy atom. The monoisotopic (exact) mass is 429 g/mol. The minimum atomic E-state index is -0.441. The molecule has 0 radical (unpaired) electrons. The van der Waals surface area contributed by atoms with E-state index in [2.05, 4.69) is 15.4 Å². The fraction of sp³-hybridized carbons (Fsp3) is 0.333. The summed E-state index contributed by atoms with van der Waals surface area (Å²) in [6.07, 6.45) is 6.01. The first-order valence-corrected chi connectivity index (χ1v) is 10.9. The molecule has 0 unspecified atom stereocenters. The third-order valence-corrected chi connectivity index (χ3v) is 6.69. The van der Waals surface area contributed by atoms with Gasteiger partial charge in [-0.05, 0) is 49.6 Å². The Bertz CT molecular complexity index is 1100. The number of nitrogens with one attached hydrogen (secondary N) is 1. The van der Waals surface area contributed by atoms with Gasteiger partial charge in [-0.15, -0.1) is 0 Å². The second-order valence-corrected chi connectivity index (χ2v) is 8.63. The van der Waals surface area contributed by atoms with Gasteiger partial charge in [-0.1, -0.05) is 11.9 Å². The summed E-state index contributed by atoms with van der Waals surface area (Å²) in [6, 6.07) is 7.15. The van der Waals surface area contributed by atoms with Gasteiger partial charge in [-0.3, -0.25) is 10.2 Å². The van der Waals surface area contributed by atoms with Crippen LogP contribution in [0.3, 0.4) is 0 Å². The van der Waals surface area contributed by atoms with Crippen LogP contribution in [-0.2, 0) is 0 Å². The van der Waals surface area contributed by atoms with Crippen LogP contribution < -0.4 is 10.3 Å². The van der Waals surface area contributed by atoms with Crippen LogP contribution in [0.1, 0.15) is 41.2 Å². The van der Waals surface area contributed by atoms with Crippen LogP contribution in [0.5, 0.6) is 0 Å². The Morgan fingerprint density at radius 2 is 2.07 bits per heavy atom. The molecule has 5 rings (SSSR count). The molecule has 6 nitrogen and oxygen atoms in total. The molecular weight excluding hydrogens is 408 g/mol. The summed E-state index contributed by atoms with van der Waals surface area (Å²) in [5.74, 6) is -0.0533. The molecule has 0 spiro atoms. The van der Waals surface area contributed by atoms with Gasteiger partial charge in [0, 0.05) is 36.3 Å². The second kappa shape index (κ2) is 7.88. The molecule has 30 heavy (non-hydrogen) atoms. The van der Waals surface area contributed by atoms with Crippen molar-refractivity contribution in [2.45, 2.75) is 25.3 Å². The second-order valence-electron chi connectivity index (χ2n) is 7.52. The Balaban J connectivity index is 1.46. The standard InChI is InChI=1S/C21H21F2N5OS/c22-14-4-5-18(23)16(11-14)19-3-1-7-26(19)15-6-9-27-20(12-15)17(13-24-27)21(29)25-28-8-2-10-30-28/h4-6,9,11-13,19H,1-3,7-8,10H2,(H,25,29)/t19-/m1/s1. The molecule has 0 saturated carbocycles. The Labute approximate surface area is 176 Å². The van der Waals surface area contributed by atoms with E-state index in [1.807, 2.05) is 16.5 Å². The summed E-state index contributed by atoms with van der Waals surface area (Å²) in [5, 5.41) is 4.29. The van der Waals surface area contributed by atoms with E-state index in [0.717, 1.165) is 49.9 Å². The zero-order chi connectivity index (χ0) is 20.7. The molecule has 2 aliphatic rings. The highest BCUT2D eigenvalue weighted by molar-refractivity contribution is 7.97. The smallest absolute Gasteiger partial charge is 0.270 e. The van der Waals surface area contributed by atoms with Crippen molar-refractivity contribution in [2.75, 3.05) is 23.7 Å². The fourth-order valence-electron chi connectivity index (χ4n) is 4.20. The van der Waals surface area contributed by atoms with E-state index in [1.54, 1.807) is 28.9 Å². The number of nitrogens with zero attached hydrogens (tertiary/aromatic N) is 4. The third kappa shape index (κ3) is 3.52. The summed E-state index contributed by atoms with van der Waals surface area (Å²) >= 11 is 1.60. The van der Waals surface area contributed by atoms with Crippen molar-refractivity contribution in [3.63, 3.8) is 0 Å². The van der Waals surface area contributed by atoms with E-state index >= 15 is 0 Å². The lowest BCUT2D eigenvalue weighted by molar-refractivity contribution is 0.0893. The maximum absolute atomic E-state index is 14.4. The average molecular weight is 429 g/mol. The summed E-state index contributed by atoms with van der Waals surface area (Å²) in [5.41, 5.74) is 5.30. The number of anilines is 1. The number of benzene rings is 1. The van der Waals surface area contributed by atoms with Crippen LogP contribution in [0.4, 0.5) is 14.5 Å². The topological polar surface area (TPSA) is 52.9 Å². The summed E-state index contributed by atoms with van der Waals surface area (Å²) < 4.78 is 31.7. The van der Waals surface area contributed by atoms with Crippen LogP contribution in [-0.4, -0.2) is 38.8 Å². The zero-order valence-corrected chi connectivity index (χ0v) is 17.0. The molecule has 2 fully saturated rings. The third-order valence-electron chi connectivity index (χ3n) is 5.63. The quantitative estimate of drug-likeness (QED) is 0.637. The van der Waals surface area contributed by atoms with Gasteiger partial charge < -0.3 is 4.90 Å². The van der Waals surface area contributed by atoms with Crippen molar-refractivity contribution in [1.29, 1.82) is 0 Å². The molecule has 2 saturated heterocycles. The maximum atomic E-state index is 14.4. The van der Waals surface area contributed by atoms with Crippen LogP contribution >= 0.6 is 11.9 Å². The van der Waals surface area contributed by atoms with E-state index in [0.29, 0.717) is 16.6 Å². The van der Waals surface area contributed by atoms with Gasteiger partial charge in [0.1, 0.15) is 11.6 Å². The molecular formula is C21H21F2N5OS. The van der Waals surface area contributed by atoms with E-state index in [-0.39, 0.29) is 11.9 Å². The minimum absolute atomic E-state index is 0.203. The van der Waals surface area contributed by atoms with Crippen LogP contribution in [0, 0.1) is 11.6 Å². The first-order valence-electron chi connectivity index (χ1n) is 10.0. The number of pyridine rings is 1. The van der Waals surface area contributed by atoms with Gasteiger partial charge in [-0.25, -0.2) is 13.3 Å². The van der Waals surface area contributed by atoms with Crippen molar-refractivity contribution in [1.82, 2.24) is 19.5 Å². The molecule has 1 N–H and O–H groups in total. The van der Waals surface area contributed by atoms with Crippen molar-refractivity contribution in [3.05, 3.63) is 65.5 Å². The molecule has 156 valence electrons. The van der Waals surface area contributed by atoms with E-state index in [9.17, 15) is 13.6 Å². The number of aromatic nitrogens is 2. The van der Waals surface area contributed by atoms with Gasteiger partial charge in [0.15, 0.2) is 0 Å². The molecule has 1 atom stereocenters. The SMILES string of the molecule is O=C(NN1CCCS1)c1cnn2ccc(N3CCC[C@@H]3c3cc(F)ccc3F)cc12. The largest absolute Gasteiger partial charge is 0.364 e. The number of carbonyl (C=O) groups is 1. The van der Waals surface area contributed by atoms with Crippen molar-refractivity contribution >= 4 is 29.1 Å². The first kappa shape index (κ1) is 19.3. The van der Waals surface area contributed by atoms with E-state index in [4.69, 9.17) is 0 Å². The normalized spacial score (nSPS) is 19.7. The number of hydrogen-bond acceptors (Lipinski definition) is 5. The summed E-state index contributed by atoms with van der Waals surface area (Å²) in [4.78, 5) is 14.8. The lowest BCUT2D eigenvalue weighted by Gasteiger charge is -2.27. The number of hydrogen-bond donors (Lipinski definition) is 1. The Hall–Kier alpha value is -2.65. The molecule has 9 heteroatoms. The molecule has 4 heterocycles. The molecule has 3 aromatic rings. The van der Waals surface area contributed by atoms with E-state index < -0.39 is 11.6 Å². The molecule has 2 aliphatic heterocycles. The maximum Gasteiger partial charge on any atom is 0.270 e. The summed E-state index contributed by atoms with van der Waals surface area (Å²) in [6.45, 7) is 1.55. The highest BCUT2D eigenvalue weighted by atomic mass is 32.2. The Kier molecular flexibility index (Phi) is 5.08. The van der Waals surface area contributed by atoms with Gasteiger partial charge in [0.25, 0.3) is 5.91 Å². The molecule has 0 bridgehead atoms. The minimum Gasteiger partial charge on any atom is -0.364 e. The lowest BCUT2D eigenvalue weighted by Crippen LogP contribution is -2.35. The lowest BCUT2D eigenvalue weighted by atomic mass is 10.0. The molecule has 1 amide bonds. The predicted octanol–water partition coefficient (Wildman–Crippen LogP) is 3.95.